The number of nitrogens with one attached hydrogen (secondary N) is 1. The topological polar surface area (TPSA) is 50.7 Å². The summed E-state index contributed by atoms with van der Waals surface area (Å²) in [6.45, 7) is 5.54. The molecule has 0 fully saturated rings. The number of hydrogen-bond acceptors (Lipinski definition) is 4. The van der Waals surface area contributed by atoms with Gasteiger partial charge in [0.15, 0.2) is 11.5 Å². The lowest BCUT2D eigenvalue weighted by Gasteiger charge is -2.17. The van der Waals surface area contributed by atoms with Crippen LogP contribution in [0.1, 0.15) is 25.0 Å². The second-order valence-electron chi connectivity index (χ2n) is 5.81. The first-order valence-electron chi connectivity index (χ1n) is 8.32. The highest BCUT2D eigenvalue weighted by Gasteiger charge is 2.14. The van der Waals surface area contributed by atoms with E-state index in [0.29, 0.717) is 41.2 Å². The van der Waals surface area contributed by atoms with Gasteiger partial charge in [-0.25, -0.2) is 0 Å². The van der Waals surface area contributed by atoms with Crippen molar-refractivity contribution < 1.29 is 14.6 Å². The second-order valence-corrected chi connectivity index (χ2v) is 7.48. The van der Waals surface area contributed by atoms with E-state index in [9.17, 15) is 5.11 Å². The molecule has 4 nitrogen and oxygen atoms in total. The number of ether oxygens (including phenoxy) is 2. The Labute approximate surface area is 172 Å². The van der Waals surface area contributed by atoms with Crippen LogP contribution >= 0.6 is 39.1 Å². The summed E-state index contributed by atoms with van der Waals surface area (Å²) in [6.07, 6.45) is -0.396. The molecule has 0 spiro atoms. The largest absolute Gasteiger partial charge is 0.490 e. The Morgan fingerprint density at radius 1 is 1.19 bits per heavy atom. The Bertz CT molecular complexity index is 721. The first-order valence-corrected chi connectivity index (χ1v) is 9.87. The van der Waals surface area contributed by atoms with Crippen LogP contribution in [0.2, 0.25) is 10.0 Å². The van der Waals surface area contributed by atoms with Crippen molar-refractivity contribution in [3.05, 3.63) is 56.0 Å². The van der Waals surface area contributed by atoms with Crippen LogP contribution in [0.25, 0.3) is 0 Å². The van der Waals surface area contributed by atoms with Crippen molar-refractivity contribution in [2.24, 2.45) is 0 Å². The molecule has 0 bridgehead atoms. The van der Waals surface area contributed by atoms with Gasteiger partial charge >= 0.3 is 0 Å². The smallest absolute Gasteiger partial charge is 0.175 e. The molecule has 0 saturated heterocycles. The maximum atomic E-state index is 9.35. The van der Waals surface area contributed by atoms with Crippen molar-refractivity contribution in [2.75, 3.05) is 13.2 Å². The summed E-state index contributed by atoms with van der Waals surface area (Å²) in [5.74, 6) is 1.24. The lowest BCUT2D eigenvalue weighted by Crippen LogP contribution is -2.23. The van der Waals surface area contributed by atoms with E-state index in [1.807, 2.05) is 19.1 Å². The minimum atomic E-state index is -0.396. The van der Waals surface area contributed by atoms with Gasteiger partial charge in [0.1, 0.15) is 6.61 Å². The zero-order valence-corrected chi connectivity index (χ0v) is 17.8. The van der Waals surface area contributed by atoms with Crippen molar-refractivity contribution >= 4 is 39.1 Å². The summed E-state index contributed by atoms with van der Waals surface area (Å²) in [7, 11) is 0. The highest BCUT2D eigenvalue weighted by Crippen LogP contribution is 2.38. The van der Waals surface area contributed by atoms with Crippen LogP contribution in [0, 0.1) is 0 Å². The molecule has 0 unspecified atom stereocenters. The van der Waals surface area contributed by atoms with E-state index in [2.05, 4.69) is 21.2 Å². The van der Waals surface area contributed by atoms with E-state index in [4.69, 9.17) is 32.7 Å². The van der Waals surface area contributed by atoms with Crippen molar-refractivity contribution in [2.45, 2.75) is 33.1 Å². The molecule has 2 aromatic carbocycles. The van der Waals surface area contributed by atoms with Gasteiger partial charge in [-0.3, -0.25) is 0 Å². The molecule has 0 aliphatic rings. The summed E-state index contributed by atoms with van der Waals surface area (Å²) in [4.78, 5) is 0. The standard InChI is InChI=1S/C19H22BrCl2NO3/c1-3-25-18-8-13(10-23-9-12(2)24)7-15(20)19(18)26-11-14-16(21)5-4-6-17(14)22/h4-8,12,23-24H,3,9-11H2,1-2H3/t12-/m0/s1. The minimum Gasteiger partial charge on any atom is -0.490 e. The van der Waals surface area contributed by atoms with Crippen LogP contribution < -0.4 is 14.8 Å². The lowest BCUT2D eigenvalue weighted by atomic mass is 10.2. The van der Waals surface area contributed by atoms with Crippen LogP contribution in [0.4, 0.5) is 0 Å². The van der Waals surface area contributed by atoms with Gasteiger partial charge in [0.05, 0.1) is 17.2 Å². The van der Waals surface area contributed by atoms with Gasteiger partial charge in [-0.15, -0.1) is 0 Å². The van der Waals surface area contributed by atoms with Gasteiger partial charge in [-0.05, 0) is 59.6 Å². The summed E-state index contributed by atoms with van der Waals surface area (Å²) in [5, 5.41) is 13.7. The van der Waals surface area contributed by atoms with E-state index in [1.165, 1.54) is 0 Å². The number of aliphatic hydroxyl groups excluding tert-OH is 1. The first-order chi connectivity index (χ1) is 12.4. The van der Waals surface area contributed by atoms with Crippen molar-refractivity contribution in [1.82, 2.24) is 5.32 Å². The first kappa shape index (κ1) is 21.3. The Morgan fingerprint density at radius 3 is 2.50 bits per heavy atom. The fourth-order valence-corrected chi connectivity index (χ4v) is 3.48. The molecule has 142 valence electrons. The van der Waals surface area contributed by atoms with Gasteiger partial charge in [-0.1, -0.05) is 29.3 Å². The molecule has 0 amide bonds. The zero-order valence-electron chi connectivity index (χ0n) is 14.7. The molecule has 1 atom stereocenters. The maximum absolute atomic E-state index is 9.35. The number of aliphatic hydroxyl groups is 1. The maximum Gasteiger partial charge on any atom is 0.175 e. The molecule has 0 saturated carbocycles. The molecule has 0 aliphatic heterocycles. The molecule has 0 heterocycles. The molecule has 0 aromatic heterocycles. The van der Waals surface area contributed by atoms with Gasteiger partial charge in [-0.2, -0.15) is 0 Å². The summed E-state index contributed by atoms with van der Waals surface area (Å²) in [6, 6.07) is 9.24. The van der Waals surface area contributed by atoms with Gasteiger partial charge in [0.25, 0.3) is 0 Å². The second kappa shape index (κ2) is 10.4. The SMILES string of the molecule is CCOc1cc(CNC[C@H](C)O)cc(Br)c1OCc1c(Cl)cccc1Cl. The van der Waals surface area contributed by atoms with Gasteiger partial charge < -0.3 is 19.9 Å². The summed E-state index contributed by atoms with van der Waals surface area (Å²) in [5.41, 5.74) is 1.75. The van der Waals surface area contributed by atoms with E-state index < -0.39 is 6.10 Å². The van der Waals surface area contributed by atoms with E-state index in [1.54, 1.807) is 25.1 Å². The molecule has 0 aliphatic carbocycles. The molecule has 0 radical (unpaired) electrons. The van der Waals surface area contributed by atoms with Crippen LogP contribution in [0.5, 0.6) is 11.5 Å². The van der Waals surface area contributed by atoms with E-state index in [0.717, 1.165) is 15.6 Å². The zero-order chi connectivity index (χ0) is 19.1. The number of rotatable bonds is 9. The van der Waals surface area contributed by atoms with E-state index in [-0.39, 0.29) is 6.61 Å². The van der Waals surface area contributed by atoms with Crippen LogP contribution in [0.3, 0.4) is 0 Å². The molecular weight excluding hydrogens is 441 g/mol. The highest BCUT2D eigenvalue weighted by atomic mass is 79.9. The molecule has 2 rings (SSSR count). The molecule has 2 N–H and O–H groups in total. The monoisotopic (exact) mass is 461 g/mol. The average molecular weight is 463 g/mol. The Hall–Kier alpha value is -0.980. The molecular formula is C19H22BrCl2NO3. The average Bonchev–Trinajstić information content (AvgIpc) is 2.56. The van der Waals surface area contributed by atoms with Crippen LogP contribution in [-0.4, -0.2) is 24.4 Å². The third-order valence-electron chi connectivity index (χ3n) is 3.56. The highest BCUT2D eigenvalue weighted by molar-refractivity contribution is 9.10. The van der Waals surface area contributed by atoms with Crippen LogP contribution in [-0.2, 0) is 13.2 Å². The summed E-state index contributed by atoms with van der Waals surface area (Å²) >= 11 is 16.0. The molecule has 26 heavy (non-hydrogen) atoms. The fourth-order valence-electron chi connectivity index (χ4n) is 2.37. The molecule has 2 aromatic rings. The third kappa shape index (κ3) is 6.03. The number of halogens is 3. The van der Waals surface area contributed by atoms with Crippen molar-refractivity contribution in [3.8, 4) is 11.5 Å². The Kier molecular flexibility index (Phi) is 8.51. The minimum absolute atomic E-state index is 0.233. The van der Waals surface area contributed by atoms with E-state index >= 15 is 0 Å². The predicted molar refractivity (Wildman–Crippen MR) is 109 cm³/mol. The number of hydrogen-bond donors (Lipinski definition) is 2. The Balaban J connectivity index is 2.18. The van der Waals surface area contributed by atoms with Crippen LogP contribution in [0.15, 0.2) is 34.8 Å². The fraction of sp³-hybridized carbons (Fsp3) is 0.368. The normalized spacial score (nSPS) is 12.1. The predicted octanol–water partition coefficient (Wildman–Crippen LogP) is 5.20. The lowest BCUT2D eigenvalue weighted by molar-refractivity contribution is 0.191. The number of benzene rings is 2. The Morgan fingerprint density at radius 2 is 1.88 bits per heavy atom. The quantitative estimate of drug-likeness (QED) is 0.537. The summed E-state index contributed by atoms with van der Waals surface area (Å²) < 4.78 is 12.5. The van der Waals surface area contributed by atoms with Gasteiger partial charge in [0, 0.05) is 28.7 Å². The van der Waals surface area contributed by atoms with Crippen molar-refractivity contribution in [1.29, 1.82) is 0 Å². The third-order valence-corrected chi connectivity index (χ3v) is 4.86. The van der Waals surface area contributed by atoms with Crippen molar-refractivity contribution in [3.63, 3.8) is 0 Å². The molecule has 7 heteroatoms. The van der Waals surface area contributed by atoms with Gasteiger partial charge in [0.2, 0.25) is 0 Å².